The lowest BCUT2D eigenvalue weighted by atomic mass is 10.0. The molecule has 3 heteroatoms. The van der Waals surface area contributed by atoms with Crippen LogP contribution >= 0.6 is 22.7 Å². The largest absolute Gasteiger partial charge is 0.497 e. The molecule has 0 N–H and O–H groups in total. The summed E-state index contributed by atoms with van der Waals surface area (Å²) in [5.41, 5.74) is 1.31. The van der Waals surface area contributed by atoms with Gasteiger partial charge < -0.3 is 4.74 Å². The van der Waals surface area contributed by atoms with Gasteiger partial charge in [-0.05, 0) is 58.8 Å². The van der Waals surface area contributed by atoms with E-state index in [0.29, 0.717) is 0 Å². The summed E-state index contributed by atoms with van der Waals surface area (Å²) in [5.74, 6) is 0.908. The normalized spacial score (nSPS) is 12.1. The van der Waals surface area contributed by atoms with E-state index in [1.54, 1.807) is 7.11 Å². The van der Waals surface area contributed by atoms with Gasteiger partial charge in [0, 0.05) is 20.2 Å². The number of methoxy groups -OCH3 is 1. The summed E-state index contributed by atoms with van der Waals surface area (Å²) in [7, 11) is 1.72. The maximum atomic E-state index is 5.41. The van der Waals surface area contributed by atoms with Gasteiger partial charge in [-0.1, -0.05) is 35.9 Å². The first kappa shape index (κ1) is 15.4. The minimum absolute atomic E-state index is 0.908. The van der Waals surface area contributed by atoms with Crippen molar-refractivity contribution in [1.29, 1.82) is 0 Å². The molecule has 0 saturated carbocycles. The Kier molecular flexibility index (Phi) is 3.11. The second kappa shape index (κ2) is 5.44. The summed E-state index contributed by atoms with van der Waals surface area (Å²) < 4.78 is 11.0. The maximum absolute atomic E-state index is 5.41. The van der Waals surface area contributed by atoms with Crippen LogP contribution in [0.1, 0.15) is 5.56 Å². The van der Waals surface area contributed by atoms with Crippen LogP contribution in [0.15, 0.2) is 60.7 Å². The number of aryl methyl sites for hydroxylation is 1. The van der Waals surface area contributed by atoms with Gasteiger partial charge in [-0.15, -0.1) is 22.7 Å². The van der Waals surface area contributed by atoms with Crippen molar-refractivity contribution in [3.8, 4) is 5.75 Å². The molecule has 2 aromatic heterocycles. The molecule has 0 amide bonds. The van der Waals surface area contributed by atoms with Crippen molar-refractivity contribution in [2.24, 2.45) is 0 Å². The third-order valence-electron chi connectivity index (χ3n) is 5.41. The monoisotopic (exact) mass is 384 g/mol. The lowest BCUT2D eigenvalue weighted by Gasteiger charge is -2.03. The molecule has 0 aliphatic heterocycles. The van der Waals surface area contributed by atoms with Gasteiger partial charge in [0.05, 0.1) is 16.5 Å². The highest BCUT2D eigenvalue weighted by Crippen LogP contribution is 2.48. The summed E-state index contributed by atoms with van der Waals surface area (Å²) in [6, 6.07) is 22.2. The van der Waals surface area contributed by atoms with Gasteiger partial charge in [0.2, 0.25) is 0 Å². The molecule has 0 bridgehead atoms. The molecule has 4 aromatic carbocycles. The van der Waals surface area contributed by atoms with Crippen LogP contribution < -0.4 is 4.74 Å². The van der Waals surface area contributed by atoms with Crippen LogP contribution in [0.25, 0.3) is 51.1 Å². The molecule has 27 heavy (non-hydrogen) atoms. The van der Waals surface area contributed by atoms with Crippen LogP contribution in [0.2, 0.25) is 0 Å². The van der Waals surface area contributed by atoms with Crippen LogP contribution in [0.3, 0.4) is 0 Å². The van der Waals surface area contributed by atoms with Crippen molar-refractivity contribution >= 4 is 73.8 Å². The minimum atomic E-state index is 0.908. The molecule has 130 valence electrons. The Bertz CT molecular complexity index is 1520. The number of rotatable bonds is 1. The standard InChI is InChI=1S/C24H16OS2/c1-13-3-7-17-14(11-13)4-9-19-21(17)23-24(26-19)22-18-8-6-16(25-2)12-15(18)5-10-20(22)27-23/h3-12H,1-2H3. The van der Waals surface area contributed by atoms with Crippen molar-refractivity contribution < 1.29 is 4.74 Å². The topological polar surface area (TPSA) is 9.23 Å². The van der Waals surface area contributed by atoms with E-state index in [1.165, 1.54) is 56.7 Å². The molecule has 0 aliphatic carbocycles. The smallest absolute Gasteiger partial charge is 0.119 e. The second-order valence-electron chi connectivity index (χ2n) is 7.05. The average molecular weight is 385 g/mol. The zero-order valence-electron chi connectivity index (χ0n) is 15.0. The van der Waals surface area contributed by atoms with E-state index >= 15 is 0 Å². The van der Waals surface area contributed by atoms with E-state index in [-0.39, 0.29) is 0 Å². The Labute approximate surface area is 164 Å². The fourth-order valence-electron chi connectivity index (χ4n) is 4.12. The third kappa shape index (κ3) is 2.10. The molecule has 0 fully saturated rings. The van der Waals surface area contributed by atoms with E-state index in [9.17, 15) is 0 Å². The van der Waals surface area contributed by atoms with E-state index in [1.807, 2.05) is 22.7 Å². The summed E-state index contributed by atoms with van der Waals surface area (Å²) in [6.07, 6.45) is 0. The van der Waals surface area contributed by atoms with Crippen LogP contribution in [0.4, 0.5) is 0 Å². The zero-order valence-corrected chi connectivity index (χ0v) is 16.6. The van der Waals surface area contributed by atoms with Crippen molar-refractivity contribution in [3.05, 3.63) is 66.2 Å². The van der Waals surface area contributed by atoms with Crippen LogP contribution in [-0.2, 0) is 0 Å². The number of ether oxygens (including phenoxy) is 1. The highest BCUT2D eigenvalue weighted by atomic mass is 32.1. The van der Waals surface area contributed by atoms with Gasteiger partial charge >= 0.3 is 0 Å². The molecule has 2 heterocycles. The predicted molar refractivity (Wildman–Crippen MR) is 121 cm³/mol. The summed E-state index contributed by atoms with van der Waals surface area (Å²) >= 11 is 3.84. The molecule has 0 unspecified atom stereocenters. The van der Waals surface area contributed by atoms with Crippen LogP contribution in [-0.4, -0.2) is 7.11 Å². The molecule has 1 nitrogen and oxygen atoms in total. The first-order chi connectivity index (χ1) is 13.2. The molecule has 0 spiro atoms. The Morgan fingerprint density at radius 3 is 1.89 bits per heavy atom. The van der Waals surface area contributed by atoms with Gasteiger partial charge in [-0.25, -0.2) is 0 Å². The average Bonchev–Trinajstić information content (AvgIpc) is 3.23. The molecule has 6 rings (SSSR count). The van der Waals surface area contributed by atoms with Crippen molar-refractivity contribution in [2.75, 3.05) is 7.11 Å². The van der Waals surface area contributed by atoms with Crippen molar-refractivity contribution in [3.63, 3.8) is 0 Å². The van der Waals surface area contributed by atoms with Gasteiger partial charge in [0.1, 0.15) is 5.75 Å². The molecule has 6 aromatic rings. The molecule has 0 aliphatic rings. The number of thiophene rings is 2. The maximum Gasteiger partial charge on any atom is 0.119 e. The molecule has 0 radical (unpaired) electrons. The molecule has 0 saturated heterocycles. The first-order valence-electron chi connectivity index (χ1n) is 8.98. The van der Waals surface area contributed by atoms with Crippen LogP contribution in [0, 0.1) is 6.92 Å². The van der Waals surface area contributed by atoms with Crippen molar-refractivity contribution in [1.82, 2.24) is 0 Å². The molecular weight excluding hydrogens is 368 g/mol. The van der Waals surface area contributed by atoms with E-state index < -0.39 is 0 Å². The van der Waals surface area contributed by atoms with Gasteiger partial charge in [0.15, 0.2) is 0 Å². The molecular formula is C24H16OS2. The number of fused-ring (bicyclic) bond motifs is 9. The highest BCUT2D eigenvalue weighted by Gasteiger charge is 2.16. The predicted octanol–water partition coefficient (Wildman–Crippen LogP) is 7.89. The lowest BCUT2D eigenvalue weighted by Crippen LogP contribution is -1.82. The van der Waals surface area contributed by atoms with Gasteiger partial charge in [-0.3, -0.25) is 0 Å². The van der Waals surface area contributed by atoms with E-state index in [4.69, 9.17) is 4.74 Å². The quantitative estimate of drug-likeness (QED) is 0.280. The first-order valence-corrected chi connectivity index (χ1v) is 10.6. The van der Waals surface area contributed by atoms with Crippen molar-refractivity contribution in [2.45, 2.75) is 6.92 Å². The fourth-order valence-corrected chi connectivity index (χ4v) is 6.88. The Balaban J connectivity index is 1.82. The Hall–Kier alpha value is -2.62. The highest BCUT2D eigenvalue weighted by molar-refractivity contribution is 7.37. The third-order valence-corrected chi connectivity index (χ3v) is 7.88. The number of hydrogen-bond acceptors (Lipinski definition) is 3. The second-order valence-corrected chi connectivity index (χ2v) is 9.16. The van der Waals surface area contributed by atoms with Gasteiger partial charge in [-0.2, -0.15) is 0 Å². The SMILES string of the molecule is COc1ccc2c(ccc3sc4c(sc5ccc6cc(C)ccc6c54)c32)c1. The molecule has 0 atom stereocenters. The zero-order chi connectivity index (χ0) is 18.1. The number of benzene rings is 4. The number of hydrogen-bond donors (Lipinski definition) is 0. The Morgan fingerprint density at radius 1 is 0.667 bits per heavy atom. The minimum Gasteiger partial charge on any atom is -0.497 e. The Morgan fingerprint density at radius 2 is 1.26 bits per heavy atom. The summed E-state index contributed by atoms with van der Waals surface area (Å²) in [6.45, 7) is 2.16. The van der Waals surface area contributed by atoms with Gasteiger partial charge in [0.25, 0.3) is 0 Å². The summed E-state index contributed by atoms with van der Waals surface area (Å²) in [4.78, 5) is 0. The van der Waals surface area contributed by atoms with Crippen LogP contribution in [0.5, 0.6) is 5.75 Å². The summed E-state index contributed by atoms with van der Waals surface area (Å²) in [5, 5.41) is 8.04. The van der Waals surface area contributed by atoms with E-state index in [0.717, 1.165) is 5.75 Å². The fraction of sp³-hybridized carbons (Fsp3) is 0.0833. The van der Waals surface area contributed by atoms with E-state index in [2.05, 4.69) is 67.6 Å². The lowest BCUT2D eigenvalue weighted by molar-refractivity contribution is 0.415.